The standard InChI is InChI=1S/C11H15N3S2/c1-3-5-12-11(10-7-13-14-16-10)9-4-6-15-8(9)2/h4,6-7,11-12H,3,5H2,1-2H3. The lowest BCUT2D eigenvalue weighted by molar-refractivity contribution is 0.604. The van der Waals surface area contributed by atoms with Crippen LogP contribution in [0.4, 0.5) is 0 Å². The molecule has 0 amide bonds. The van der Waals surface area contributed by atoms with Crippen LogP contribution in [0.1, 0.15) is 34.7 Å². The average molecular weight is 253 g/mol. The molecule has 0 radical (unpaired) electrons. The molecule has 0 aliphatic rings. The van der Waals surface area contributed by atoms with E-state index in [1.54, 1.807) is 11.3 Å². The van der Waals surface area contributed by atoms with Crippen LogP contribution in [0.15, 0.2) is 17.6 Å². The van der Waals surface area contributed by atoms with E-state index in [1.165, 1.54) is 26.9 Å². The van der Waals surface area contributed by atoms with Crippen molar-refractivity contribution in [1.29, 1.82) is 0 Å². The molecule has 0 aromatic carbocycles. The first-order valence-electron chi connectivity index (χ1n) is 5.37. The molecule has 1 atom stereocenters. The van der Waals surface area contributed by atoms with Crippen molar-refractivity contribution in [2.75, 3.05) is 6.54 Å². The Bertz CT molecular complexity index is 422. The fourth-order valence-electron chi connectivity index (χ4n) is 1.65. The van der Waals surface area contributed by atoms with Gasteiger partial charge in [0.1, 0.15) is 0 Å². The van der Waals surface area contributed by atoms with Gasteiger partial charge in [-0.15, -0.1) is 16.4 Å². The summed E-state index contributed by atoms with van der Waals surface area (Å²) in [5, 5.41) is 9.61. The summed E-state index contributed by atoms with van der Waals surface area (Å²) in [5.74, 6) is 0. The van der Waals surface area contributed by atoms with Gasteiger partial charge >= 0.3 is 0 Å². The van der Waals surface area contributed by atoms with E-state index in [9.17, 15) is 0 Å². The smallest absolute Gasteiger partial charge is 0.0714 e. The van der Waals surface area contributed by atoms with Gasteiger partial charge in [-0.3, -0.25) is 0 Å². The molecule has 0 aliphatic heterocycles. The Balaban J connectivity index is 2.25. The predicted molar refractivity (Wildman–Crippen MR) is 69.1 cm³/mol. The molecule has 2 rings (SSSR count). The first-order valence-corrected chi connectivity index (χ1v) is 7.03. The fraction of sp³-hybridized carbons (Fsp3) is 0.455. The monoisotopic (exact) mass is 253 g/mol. The number of nitrogens with one attached hydrogen (secondary N) is 1. The Labute approximate surface area is 104 Å². The molecule has 2 aromatic rings. The summed E-state index contributed by atoms with van der Waals surface area (Å²) >= 11 is 3.26. The quantitative estimate of drug-likeness (QED) is 0.890. The van der Waals surface area contributed by atoms with Gasteiger partial charge in [0.15, 0.2) is 0 Å². The Morgan fingerprint density at radius 1 is 1.50 bits per heavy atom. The van der Waals surface area contributed by atoms with Crippen molar-refractivity contribution in [1.82, 2.24) is 14.9 Å². The number of rotatable bonds is 5. The van der Waals surface area contributed by atoms with Crippen LogP contribution >= 0.6 is 22.9 Å². The second kappa shape index (κ2) is 5.52. The zero-order valence-corrected chi connectivity index (χ0v) is 11.1. The zero-order valence-electron chi connectivity index (χ0n) is 9.43. The van der Waals surface area contributed by atoms with Crippen LogP contribution in [0.2, 0.25) is 0 Å². The van der Waals surface area contributed by atoms with E-state index in [0.29, 0.717) is 0 Å². The molecular formula is C11H15N3S2. The van der Waals surface area contributed by atoms with Crippen molar-refractivity contribution in [3.8, 4) is 0 Å². The van der Waals surface area contributed by atoms with Gasteiger partial charge in [0.25, 0.3) is 0 Å². The largest absolute Gasteiger partial charge is 0.305 e. The molecule has 0 fully saturated rings. The van der Waals surface area contributed by atoms with E-state index in [2.05, 4.69) is 40.2 Å². The predicted octanol–water partition coefficient (Wildman–Crippen LogP) is 3.00. The third-order valence-corrected chi connectivity index (χ3v) is 4.06. The lowest BCUT2D eigenvalue weighted by Gasteiger charge is -2.16. The molecule has 3 nitrogen and oxygen atoms in total. The Morgan fingerprint density at radius 3 is 2.94 bits per heavy atom. The maximum absolute atomic E-state index is 3.95. The van der Waals surface area contributed by atoms with Gasteiger partial charge in [0.2, 0.25) is 0 Å². The SMILES string of the molecule is CCCNC(c1cnns1)c1ccsc1C. The zero-order chi connectivity index (χ0) is 11.4. The van der Waals surface area contributed by atoms with E-state index in [1.807, 2.05) is 6.20 Å². The van der Waals surface area contributed by atoms with Gasteiger partial charge < -0.3 is 5.32 Å². The average Bonchev–Trinajstić information content (AvgIpc) is 2.91. The molecule has 86 valence electrons. The van der Waals surface area contributed by atoms with Crippen LogP contribution in [0.5, 0.6) is 0 Å². The summed E-state index contributed by atoms with van der Waals surface area (Å²) in [4.78, 5) is 2.55. The van der Waals surface area contributed by atoms with Crippen LogP contribution in [0.3, 0.4) is 0 Å². The summed E-state index contributed by atoms with van der Waals surface area (Å²) in [6.45, 7) is 5.35. The molecule has 0 bridgehead atoms. The minimum absolute atomic E-state index is 0.256. The summed E-state index contributed by atoms with van der Waals surface area (Å²) in [7, 11) is 0. The van der Waals surface area contributed by atoms with Gasteiger partial charge in [-0.2, -0.15) is 0 Å². The number of aryl methyl sites for hydroxylation is 1. The van der Waals surface area contributed by atoms with Crippen LogP contribution in [-0.4, -0.2) is 16.1 Å². The highest BCUT2D eigenvalue weighted by Crippen LogP contribution is 2.29. The topological polar surface area (TPSA) is 37.8 Å². The van der Waals surface area contributed by atoms with E-state index < -0.39 is 0 Å². The van der Waals surface area contributed by atoms with Crippen LogP contribution in [-0.2, 0) is 0 Å². The maximum Gasteiger partial charge on any atom is 0.0714 e. The molecule has 2 aromatic heterocycles. The van der Waals surface area contributed by atoms with Gasteiger partial charge in [0.05, 0.1) is 17.1 Å². The Hall–Kier alpha value is -0.780. The summed E-state index contributed by atoms with van der Waals surface area (Å²) < 4.78 is 3.95. The Morgan fingerprint density at radius 2 is 2.38 bits per heavy atom. The van der Waals surface area contributed by atoms with Crippen molar-refractivity contribution in [3.63, 3.8) is 0 Å². The highest BCUT2D eigenvalue weighted by atomic mass is 32.1. The van der Waals surface area contributed by atoms with E-state index >= 15 is 0 Å². The number of hydrogen-bond donors (Lipinski definition) is 1. The van der Waals surface area contributed by atoms with E-state index in [0.717, 1.165) is 13.0 Å². The molecule has 1 N–H and O–H groups in total. The number of aromatic nitrogens is 2. The van der Waals surface area contributed by atoms with Crippen LogP contribution in [0, 0.1) is 6.92 Å². The van der Waals surface area contributed by atoms with E-state index in [4.69, 9.17) is 0 Å². The van der Waals surface area contributed by atoms with Gasteiger partial charge in [-0.25, -0.2) is 0 Å². The molecule has 16 heavy (non-hydrogen) atoms. The highest BCUT2D eigenvalue weighted by Gasteiger charge is 2.18. The fourth-order valence-corrected chi connectivity index (χ4v) is 2.99. The first-order chi connectivity index (χ1) is 7.83. The number of hydrogen-bond acceptors (Lipinski definition) is 5. The molecule has 0 saturated carbocycles. The van der Waals surface area contributed by atoms with E-state index in [-0.39, 0.29) is 6.04 Å². The second-order valence-corrected chi connectivity index (χ2v) is 5.58. The van der Waals surface area contributed by atoms with Crippen LogP contribution in [0.25, 0.3) is 0 Å². The molecule has 1 unspecified atom stereocenters. The van der Waals surface area contributed by atoms with Crippen molar-refractivity contribution >= 4 is 22.9 Å². The van der Waals surface area contributed by atoms with Gasteiger partial charge in [-0.05, 0) is 48.4 Å². The van der Waals surface area contributed by atoms with Crippen molar-refractivity contribution in [2.24, 2.45) is 0 Å². The first kappa shape index (κ1) is 11.7. The lowest BCUT2D eigenvalue weighted by Crippen LogP contribution is -2.22. The van der Waals surface area contributed by atoms with Gasteiger partial charge in [0, 0.05) is 4.88 Å². The molecule has 2 heterocycles. The molecule has 0 saturated heterocycles. The highest BCUT2D eigenvalue weighted by molar-refractivity contribution is 7.10. The van der Waals surface area contributed by atoms with Gasteiger partial charge in [-0.1, -0.05) is 11.4 Å². The Kier molecular flexibility index (Phi) is 4.04. The maximum atomic E-state index is 3.95. The number of thiophene rings is 1. The summed E-state index contributed by atoms with van der Waals surface area (Å²) in [6, 6.07) is 2.44. The molecule has 5 heteroatoms. The van der Waals surface area contributed by atoms with Crippen molar-refractivity contribution in [2.45, 2.75) is 26.3 Å². The normalized spacial score (nSPS) is 12.9. The lowest BCUT2D eigenvalue weighted by atomic mass is 10.1. The third-order valence-electron chi connectivity index (χ3n) is 2.47. The van der Waals surface area contributed by atoms with Crippen molar-refractivity contribution < 1.29 is 0 Å². The van der Waals surface area contributed by atoms with Crippen molar-refractivity contribution in [3.05, 3.63) is 33.0 Å². The molecular weight excluding hydrogens is 238 g/mol. The second-order valence-electron chi connectivity index (χ2n) is 3.64. The summed E-state index contributed by atoms with van der Waals surface area (Å²) in [5.41, 5.74) is 1.35. The molecule has 0 aliphatic carbocycles. The summed E-state index contributed by atoms with van der Waals surface area (Å²) in [6.07, 6.45) is 2.99. The molecule has 0 spiro atoms. The third kappa shape index (κ3) is 2.48. The van der Waals surface area contributed by atoms with Crippen LogP contribution < -0.4 is 5.32 Å². The minimum Gasteiger partial charge on any atom is -0.305 e. The number of nitrogens with zero attached hydrogens (tertiary/aromatic N) is 2. The minimum atomic E-state index is 0.256.